The van der Waals surface area contributed by atoms with Gasteiger partial charge in [0.05, 0.1) is 5.69 Å². The van der Waals surface area contributed by atoms with Crippen LogP contribution in [0.1, 0.15) is 43.0 Å². The van der Waals surface area contributed by atoms with Crippen molar-refractivity contribution in [1.29, 1.82) is 0 Å². The van der Waals surface area contributed by atoms with E-state index in [9.17, 15) is 4.79 Å². The highest BCUT2D eigenvalue weighted by Gasteiger charge is 2.19. The second-order valence-electron chi connectivity index (χ2n) is 4.16. The highest BCUT2D eigenvalue weighted by atomic mass is 16.1. The summed E-state index contributed by atoms with van der Waals surface area (Å²) >= 11 is 0. The number of nitrogens with two attached hydrogens (primary N) is 1. The third-order valence-corrected chi connectivity index (χ3v) is 3.01. The Labute approximate surface area is 88.9 Å². The molecule has 1 heterocycles. The minimum atomic E-state index is -0.233. The highest BCUT2D eigenvalue weighted by molar-refractivity contribution is 5.14. The summed E-state index contributed by atoms with van der Waals surface area (Å²) < 4.78 is 0. The second kappa shape index (κ2) is 4.57. The minimum absolute atomic E-state index is 0.233. The Hall–Kier alpha value is -1.16. The molecule has 0 atom stereocenters. The van der Waals surface area contributed by atoms with Gasteiger partial charge in [-0.2, -0.15) is 4.98 Å². The van der Waals surface area contributed by atoms with Crippen LogP contribution >= 0.6 is 0 Å². The molecule has 0 radical (unpaired) electrons. The van der Waals surface area contributed by atoms with Crippen molar-refractivity contribution in [2.24, 2.45) is 5.73 Å². The van der Waals surface area contributed by atoms with E-state index in [0.717, 1.165) is 17.8 Å². The Bertz CT molecular complexity index is 380. The van der Waals surface area contributed by atoms with Crippen LogP contribution in [0.5, 0.6) is 0 Å². The van der Waals surface area contributed by atoms with E-state index >= 15 is 0 Å². The Morgan fingerprint density at radius 3 is 2.87 bits per heavy atom. The molecule has 15 heavy (non-hydrogen) atoms. The number of rotatable bonds is 3. The summed E-state index contributed by atoms with van der Waals surface area (Å²) in [4.78, 5) is 18.1. The molecule has 0 aliphatic heterocycles. The van der Waals surface area contributed by atoms with E-state index in [4.69, 9.17) is 5.73 Å². The monoisotopic (exact) mass is 207 g/mol. The summed E-state index contributed by atoms with van der Waals surface area (Å²) in [6.07, 6.45) is 5.56. The first kappa shape index (κ1) is 10.4. The molecule has 1 aromatic rings. The lowest BCUT2D eigenvalue weighted by Gasteiger charge is -2.08. The molecule has 3 N–H and O–H groups in total. The van der Waals surface area contributed by atoms with Crippen LogP contribution in [0.25, 0.3) is 0 Å². The quantitative estimate of drug-likeness (QED) is 0.774. The maximum absolute atomic E-state index is 11.3. The van der Waals surface area contributed by atoms with Crippen LogP contribution in [0.3, 0.4) is 0 Å². The third-order valence-electron chi connectivity index (χ3n) is 3.01. The standard InChI is InChI=1S/C11H17N3O/c12-6-5-9-7-10(14-11(15)13-9)8-3-1-2-4-8/h7-8H,1-6,12H2,(H,13,14,15). The smallest absolute Gasteiger partial charge is 0.330 e. The van der Waals surface area contributed by atoms with Crippen molar-refractivity contribution in [2.45, 2.75) is 38.0 Å². The highest BCUT2D eigenvalue weighted by Crippen LogP contribution is 2.32. The molecule has 1 saturated carbocycles. The van der Waals surface area contributed by atoms with Gasteiger partial charge in [-0.05, 0) is 31.9 Å². The number of H-pyrrole nitrogens is 1. The zero-order chi connectivity index (χ0) is 10.7. The van der Waals surface area contributed by atoms with Crippen molar-refractivity contribution in [3.63, 3.8) is 0 Å². The zero-order valence-corrected chi connectivity index (χ0v) is 8.83. The van der Waals surface area contributed by atoms with E-state index in [1.165, 1.54) is 25.7 Å². The molecule has 4 heteroatoms. The third kappa shape index (κ3) is 2.45. The van der Waals surface area contributed by atoms with E-state index in [2.05, 4.69) is 9.97 Å². The summed E-state index contributed by atoms with van der Waals surface area (Å²) in [6, 6.07) is 2.00. The summed E-state index contributed by atoms with van der Waals surface area (Å²) in [5, 5.41) is 0. The normalized spacial score (nSPS) is 17.1. The fourth-order valence-electron chi connectivity index (χ4n) is 2.25. The van der Waals surface area contributed by atoms with E-state index in [0.29, 0.717) is 12.5 Å². The number of hydrogen-bond donors (Lipinski definition) is 2. The molecule has 0 spiro atoms. The number of nitrogens with one attached hydrogen (secondary N) is 1. The molecule has 1 aliphatic rings. The molecular weight excluding hydrogens is 190 g/mol. The van der Waals surface area contributed by atoms with Gasteiger partial charge in [0.1, 0.15) is 0 Å². The molecule has 0 amide bonds. The first-order chi connectivity index (χ1) is 7.29. The summed E-state index contributed by atoms with van der Waals surface area (Å²) in [6.45, 7) is 0.560. The fraction of sp³-hybridized carbons (Fsp3) is 0.636. The van der Waals surface area contributed by atoms with Crippen molar-refractivity contribution in [3.05, 3.63) is 27.9 Å². The van der Waals surface area contributed by atoms with E-state index < -0.39 is 0 Å². The van der Waals surface area contributed by atoms with Crippen LogP contribution in [0.2, 0.25) is 0 Å². The number of hydrogen-bond acceptors (Lipinski definition) is 3. The zero-order valence-electron chi connectivity index (χ0n) is 8.83. The largest absolute Gasteiger partial charge is 0.345 e. The van der Waals surface area contributed by atoms with Gasteiger partial charge in [0, 0.05) is 11.6 Å². The topological polar surface area (TPSA) is 71.8 Å². The lowest BCUT2D eigenvalue weighted by molar-refractivity contribution is 0.683. The molecule has 1 fully saturated rings. The summed E-state index contributed by atoms with van der Waals surface area (Å²) in [7, 11) is 0. The molecule has 1 aromatic heterocycles. The Morgan fingerprint density at radius 1 is 1.47 bits per heavy atom. The Balaban J connectivity index is 2.26. The molecule has 0 aromatic carbocycles. The van der Waals surface area contributed by atoms with Crippen molar-refractivity contribution in [3.8, 4) is 0 Å². The van der Waals surface area contributed by atoms with Gasteiger partial charge in [-0.15, -0.1) is 0 Å². The lowest BCUT2D eigenvalue weighted by Crippen LogP contribution is -2.18. The molecule has 2 rings (SSSR count). The maximum Gasteiger partial charge on any atom is 0.345 e. The average Bonchev–Trinajstić information content (AvgIpc) is 2.70. The molecule has 0 saturated heterocycles. The summed E-state index contributed by atoms with van der Waals surface area (Å²) in [5.74, 6) is 0.490. The van der Waals surface area contributed by atoms with Gasteiger partial charge >= 0.3 is 5.69 Å². The van der Waals surface area contributed by atoms with Crippen LogP contribution in [-0.4, -0.2) is 16.5 Å². The SMILES string of the molecule is NCCc1cc(C2CCCC2)nc(=O)[nH]1. The average molecular weight is 207 g/mol. The second-order valence-corrected chi connectivity index (χ2v) is 4.16. The van der Waals surface area contributed by atoms with Crippen molar-refractivity contribution in [2.75, 3.05) is 6.54 Å². The predicted molar refractivity (Wildman–Crippen MR) is 58.8 cm³/mol. The predicted octanol–water partition coefficient (Wildman–Crippen LogP) is 0.929. The number of nitrogens with zero attached hydrogens (tertiary/aromatic N) is 1. The van der Waals surface area contributed by atoms with Gasteiger partial charge in [0.2, 0.25) is 0 Å². The van der Waals surface area contributed by atoms with Gasteiger partial charge in [-0.3, -0.25) is 0 Å². The van der Waals surface area contributed by atoms with Crippen LogP contribution < -0.4 is 11.4 Å². The van der Waals surface area contributed by atoms with Crippen molar-refractivity contribution >= 4 is 0 Å². The molecular formula is C11H17N3O. The molecule has 82 valence electrons. The van der Waals surface area contributed by atoms with Gasteiger partial charge in [0.15, 0.2) is 0 Å². The first-order valence-corrected chi connectivity index (χ1v) is 5.60. The molecule has 0 unspecified atom stereocenters. The Kier molecular flexibility index (Phi) is 3.16. The van der Waals surface area contributed by atoms with Gasteiger partial charge in [-0.25, -0.2) is 4.79 Å². The molecule has 1 aliphatic carbocycles. The number of aromatic amines is 1. The van der Waals surface area contributed by atoms with Gasteiger partial charge in [-0.1, -0.05) is 12.8 Å². The maximum atomic E-state index is 11.3. The van der Waals surface area contributed by atoms with Gasteiger partial charge in [0.25, 0.3) is 0 Å². The van der Waals surface area contributed by atoms with E-state index in [-0.39, 0.29) is 5.69 Å². The first-order valence-electron chi connectivity index (χ1n) is 5.60. The molecule has 4 nitrogen and oxygen atoms in total. The van der Waals surface area contributed by atoms with Crippen LogP contribution in [0, 0.1) is 0 Å². The van der Waals surface area contributed by atoms with Crippen LogP contribution in [-0.2, 0) is 6.42 Å². The lowest BCUT2D eigenvalue weighted by atomic mass is 10.0. The van der Waals surface area contributed by atoms with Crippen molar-refractivity contribution in [1.82, 2.24) is 9.97 Å². The minimum Gasteiger partial charge on any atom is -0.330 e. The van der Waals surface area contributed by atoms with Crippen LogP contribution in [0.4, 0.5) is 0 Å². The Morgan fingerprint density at radius 2 is 2.20 bits per heavy atom. The van der Waals surface area contributed by atoms with Crippen molar-refractivity contribution < 1.29 is 0 Å². The summed E-state index contributed by atoms with van der Waals surface area (Å²) in [5.41, 5.74) is 7.11. The van der Waals surface area contributed by atoms with Crippen LogP contribution in [0.15, 0.2) is 10.9 Å². The molecule has 0 bridgehead atoms. The fourth-order valence-corrected chi connectivity index (χ4v) is 2.25. The number of aromatic nitrogens is 2. The van der Waals surface area contributed by atoms with E-state index in [1.54, 1.807) is 0 Å². The van der Waals surface area contributed by atoms with Gasteiger partial charge < -0.3 is 10.7 Å². The van der Waals surface area contributed by atoms with E-state index in [1.807, 2.05) is 6.07 Å².